The van der Waals surface area contributed by atoms with E-state index in [1.54, 1.807) is 18.2 Å². The summed E-state index contributed by atoms with van der Waals surface area (Å²) in [4.78, 5) is 25.8. The van der Waals surface area contributed by atoms with Gasteiger partial charge in [0.25, 0.3) is 11.1 Å². The average molecular weight is 396 g/mol. The van der Waals surface area contributed by atoms with Crippen LogP contribution in [0.1, 0.15) is 32.8 Å². The Morgan fingerprint density at radius 1 is 1.35 bits per heavy atom. The average Bonchev–Trinajstić information content (AvgIpc) is 2.86. The van der Waals surface area contributed by atoms with E-state index < -0.39 is 0 Å². The minimum absolute atomic E-state index is 0.00652. The monoisotopic (exact) mass is 395 g/mol. The van der Waals surface area contributed by atoms with Crippen LogP contribution in [0.2, 0.25) is 5.02 Å². The van der Waals surface area contributed by atoms with Crippen molar-refractivity contribution in [2.24, 2.45) is 0 Å². The van der Waals surface area contributed by atoms with Gasteiger partial charge in [-0.05, 0) is 55.8 Å². The van der Waals surface area contributed by atoms with E-state index in [0.29, 0.717) is 33.6 Å². The van der Waals surface area contributed by atoms with Gasteiger partial charge in [0.2, 0.25) is 0 Å². The zero-order chi connectivity index (χ0) is 19.3. The molecule has 140 valence electrons. The van der Waals surface area contributed by atoms with Crippen LogP contribution in [-0.4, -0.2) is 35.3 Å². The molecule has 1 aromatic rings. The standard InChI is InChI=1S/C19H22ClNO4S/c1-5-8-21-18(22)16(26-19(21)23)11-13-9-14(20)17(25-12(4)6-2)15(10-13)24-7-3/h5,9-12H,1,6-8H2,2-4H3/b16-11+/t12-/m0/s1. The van der Waals surface area contributed by atoms with E-state index in [-0.39, 0.29) is 23.8 Å². The largest absolute Gasteiger partial charge is 0.490 e. The molecule has 1 aromatic carbocycles. The highest BCUT2D eigenvalue weighted by molar-refractivity contribution is 8.18. The molecule has 0 radical (unpaired) electrons. The van der Waals surface area contributed by atoms with Gasteiger partial charge in [0.15, 0.2) is 11.5 Å². The van der Waals surface area contributed by atoms with Crippen molar-refractivity contribution in [3.05, 3.63) is 40.3 Å². The number of hydrogen-bond donors (Lipinski definition) is 0. The summed E-state index contributed by atoms with van der Waals surface area (Å²) in [6.45, 7) is 10.0. The fourth-order valence-corrected chi connectivity index (χ4v) is 3.38. The fraction of sp³-hybridized carbons (Fsp3) is 0.368. The molecule has 1 aliphatic rings. The minimum Gasteiger partial charge on any atom is -0.490 e. The van der Waals surface area contributed by atoms with E-state index in [2.05, 4.69) is 6.58 Å². The number of benzene rings is 1. The van der Waals surface area contributed by atoms with Gasteiger partial charge >= 0.3 is 0 Å². The minimum atomic E-state index is -0.339. The van der Waals surface area contributed by atoms with E-state index in [1.165, 1.54) is 6.08 Å². The first kappa shape index (κ1) is 20.4. The number of rotatable bonds is 8. The first-order valence-electron chi connectivity index (χ1n) is 8.40. The molecule has 2 rings (SSSR count). The van der Waals surface area contributed by atoms with Crippen molar-refractivity contribution in [2.75, 3.05) is 13.2 Å². The summed E-state index contributed by atoms with van der Waals surface area (Å²) in [5.74, 6) is 0.658. The van der Waals surface area contributed by atoms with Crippen LogP contribution in [0.4, 0.5) is 4.79 Å². The molecule has 0 bridgehead atoms. The number of carbonyl (C=O) groups excluding carboxylic acids is 2. The van der Waals surface area contributed by atoms with Crippen molar-refractivity contribution in [1.82, 2.24) is 4.90 Å². The lowest BCUT2D eigenvalue weighted by Gasteiger charge is -2.18. The molecule has 5 nitrogen and oxygen atoms in total. The second kappa shape index (κ2) is 9.14. The molecule has 26 heavy (non-hydrogen) atoms. The summed E-state index contributed by atoms with van der Waals surface area (Å²) >= 11 is 7.28. The van der Waals surface area contributed by atoms with E-state index >= 15 is 0 Å². The predicted molar refractivity (Wildman–Crippen MR) is 106 cm³/mol. The van der Waals surface area contributed by atoms with Crippen LogP contribution in [0.15, 0.2) is 29.7 Å². The van der Waals surface area contributed by atoms with E-state index in [0.717, 1.165) is 23.1 Å². The number of thioether (sulfide) groups is 1. The predicted octanol–water partition coefficient (Wildman–Crippen LogP) is 5.14. The summed E-state index contributed by atoms with van der Waals surface area (Å²) in [5.41, 5.74) is 0.666. The number of imide groups is 1. The molecule has 1 atom stereocenters. The summed E-state index contributed by atoms with van der Waals surface area (Å²) in [5, 5.41) is 0.0850. The van der Waals surface area contributed by atoms with Crippen LogP contribution < -0.4 is 9.47 Å². The number of halogens is 1. The van der Waals surface area contributed by atoms with Gasteiger partial charge < -0.3 is 9.47 Å². The summed E-state index contributed by atoms with van der Waals surface area (Å²) < 4.78 is 11.5. The molecule has 1 heterocycles. The number of ether oxygens (including phenoxy) is 2. The van der Waals surface area contributed by atoms with Gasteiger partial charge in [0, 0.05) is 6.54 Å². The molecule has 1 fully saturated rings. The highest BCUT2D eigenvalue weighted by Crippen LogP contribution is 2.39. The molecule has 2 amide bonds. The van der Waals surface area contributed by atoms with Crippen molar-refractivity contribution in [3.63, 3.8) is 0 Å². The van der Waals surface area contributed by atoms with Gasteiger partial charge in [0.1, 0.15) is 0 Å². The Morgan fingerprint density at radius 2 is 2.08 bits per heavy atom. The normalized spacial score (nSPS) is 16.9. The van der Waals surface area contributed by atoms with Crippen LogP contribution in [0.5, 0.6) is 11.5 Å². The zero-order valence-electron chi connectivity index (χ0n) is 15.1. The summed E-state index contributed by atoms with van der Waals surface area (Å²) in [6.07, 6.45) is 3.98. The van der Waals surface area contributed by atoms with Crippen LogP contribution in [-0.2, 0) is 4.79 Å². The van der Waals surface area contributed by atoms with Crippen molar-refractivity contribution in [3.8, 4) is 11.5 Å². The molecule has 0 saturated carbocycles. The number of amides is 2. The van der Waals surface area contributed by atoms with Gasteiger partial charge in [-0.15, -0.1) is 6.58 Å². The molecule has 7 heteroatoms. The fourth-order valence-electron chi connectivity index (χ4n) is 2.27. The Labute approximate surface area is 163 Å². The van der Waals surface area contributed by atoms with E-state index in [1.807, 2.05) is 20.8 Å². The number of hydrogen-bond acceptors (Lipinski definition) is 5. The first-order valence-corrected chi connectivity index (χ1v) is 9.59. The lowest BCUT2D eigenvalue weighted by atomic mass is 10.1. The Balaban J connectivity index is 2.37. The second-order valence-corrected chi connectivity index (χ2v) is 7.08. The molecule has 0 aromatic heterocycles. The van der Waals surface area contributed by atoms with Gasteiger partial charge in [0.05, 0.1) is 22.6 Å². The van der Waals surface area contributed by atoms with Gasteiger partial charge in [-0.2, -0.15) is 0 Å². The Hall–Kier alpha value is -1.92. The Bertz CT molecular complexity index is 747. The van der Waals surface area contributed by atoms with Gasteiger partial charge in [-0.1, -0.05) is 24.6 Å². The maximum absolute atomic E-state index is 12.3. The number of carbonyl (C=O) groups is 2. The lowest BCUT2D eigenvalue weighted by molar-refractivity contribution is -0.122. The molecule has 1 aliphatic heterocycles. The third kappa shape index (κ3) is 4.62. The van der Waals surface area contributed by atoms with Crippen LogP contribution >= 0.6 is 23.4 Å². The maximum Gasteiger partial charge on any atom is 0.293 e. The van der Waals surface area contributed by atoms with Crippen LogP contribution in [0, 0.1) is 0 Å². The molecular formula is C19H22ClNO4S. The molecular weight excluding hydrogens is 374 g/mol. The SMILES string of the molecule is C=CCN1C(=O)S/C(=C/c2cc(Cl)c(O[C@@H](C)CC)c(OCC)c2)C1=O. The van der Waals surface area contributed by atoms with Crippen molar-refractivity contribution < 1.29 is 19.1 Å². The van der Waals surface area contributed by atoms with Crippen LogP contribution in [0.3, 0.4) is 0 Å². The third-order valence-corrected chi connectivity index (χ3v) is 4.90. The summed E-state index contributed by atoms with van der Waals surface area (Å²) in [7, 11) is 0. The molecule has 0 spiro atoms. The van der Waals surface area contributed by atoms with Gasteiger partial charge in [-0.3, -0.25) is 14.5 Å². The van der Waals surface area contributed by atoms with Crippen LogP contribution in [0.25, 0.3) is 6.08 Å². The summed E-state index contributed by atoms with van der Waals surface area (Å²) in [6, 6.07) is 3.46. The molecule has 0 aliphatic carbocycles. The molecule has 1 saturated heterocycles. The van der Waals surface area contributed by atoms with Gasteiger partial charge in [-0.25, -0.2) is 0 Å². The first-order chi connectivity index (χ1) is 12.4. The lowest BCUT2D eigenvalue weighted by Crippen LogP contribution is -2.27. The van der Waals surface area contributed by atoms with E-state index in [9.17, 15) is 9.59 Å². The highest BCUT2D eigenvalue weighted by atomic mass is 35.5. The van der Waals surface area contributed by atoms with Crippen molar-refractivity contribution >= 4 is 40.6 Å². The Morgan fingerprint density at radius 3 is 2.69 bits per heavy atom. The maximum atomic E-state index is 12.3. The number of nitrogens with zero attached hydrogens (tertiary/aromatic N) is 1. The third-order valence-electron chi connectivity index (χ3n) is 3.71. The Kier molecular flexibility index (Phi) is 7.17. The molecule has 0 unspecified atom stereocenters. The zero-order valence-corrected chi connectivity index (χ0v) is 16.7. The highest BCUT2D eigenvalue weighted by Gasteiger charge is 2.34. The van der Waals surface area contributed by atoms with Crippen molar-refractivity contribution in [2.45, 2.75) is 33.3 Å². The smallest absolute Gasteiger partial charge is 0.293 e. The second-order valence-electron chi connectivity index (χ2n) is 5.68. The quantitative estimate of drug-likeness (QED) is 0.450. The topological polar surface area (TPSA) is 55.8 Å². The van der Waals surface area contributed by atoms with E-state index in [4.69, 9.17) is 21.1 Å². The van der Waals surface area contributed by atoms with Crippen molar-refractivity contribution in [1.29, 1.82) is 0 Å². The molecule has 0 N–H and O–H groups in total.